The maximum absolute atomic E-state index is 13.2. The Morgan fingerprint density at radius 2 is 1.71 bits per heavy atom. The number of morpholine rings is 1. The van der Waals surface area contributed by atoms with Crippen LogP contribution < -0.4 is 5.76 Å². The van der Waals surface area contributed by atoms with Crippen molar-refractivity contribution in [1.29, 1.82) is 0 Å². The molecule has 0 spiro atoms. The summed E-state index contributed by atoms with van der Waals surface area (Å²) >= 11 is 0. The molecule has 0 N–H and O–H groups in total. The van der Waals surface area contributed by atoms with Crippen LogP contribution in [0.4, 0.5) is 4.39 Å². The Morgan fingerprint density at radius 3 is 2.39 bits per heavy atom. The van der Waals surface area contributed by atoms with Crippen LogP contribution in [0.1, 0.15) is 11.6 Å². The maximum Gasteiger partial charge on any atom is 0.438 e. The van der Waals surface area contributed by atoms with Crippen molar-refractivity contribution in [3.05, 3.63) is 76.5 Å². The van der Waals surface area contributed by atoms with E-state index in [0.717, 1.165) is 4.68 Å². The zero-order valence-electron chi connectivity index (χ0n) is 15.0. The van der Waals surface area contributed by atoms with E-state index in [2.05, 4.69) is 5.10 Å². The van der Waals surface area contributed by atoms with E-state index < -0.39 is 17.6 Å². The van der Waals surface area contributed by atoms with Gasteiger partial charge in [0, 0.05) is 18.7 Å². The van der Waals surface area contributed by atoms with Crippen molar-refractivity contribution < 1.29 is 18.3 Å². The Bertz CT molecular complexity index is 1010. The van der Waals surface area contributed by atoms with Crippen molar-refractivity contribution in [1.82, 2.24) is 14.7 Å². The summed E-state index contributed by atoms with van der Waals surface area (Å²) in [6.45, 7) is 1.78. The van der Waals surface area contributed by atoms with Crippen molar-refractivity contribution in [2.75, 3.05) is 26.3 Å². The number of halogens is 1. The molecule has 2 heterocycles. The Labute approximate surface area is 160 Å². The molecule has 0 radical (unpaired) electrons. The minimum absolute atomic E-state index is 0.0284. The topological polar surface area (TPSA) is 77.6 Å². The molecule has 0 aliphatic carbocycles. The lowest BCUT2D eigenvalue weighted by Crippen LogP contribution is -2.46. The van der Waals surface area contributed by atoms with Gasteiger partial charge in [0.25, 0.3) is 5.91 Å². The van der Waals surface area contributed by atoms with Gasteiger partial charge in [0.2, 0.25) is 5.89 Å². The van der Waals surface area contributed by atoms with Crippen LogP contribution in [0, 0.1) is 5.82 Å². The minimum atomic E-state index is -0.954. The first-order valence-electron chi connectivity index (χ1n) is 8.90. The molecule has 2 aromatic carbocycles. The summed E-state index contributed by atoms with van der Waals surface area (Å²) in [5.74, 6) is -1.39. The van der Waals surface area contributed by atoms with E-state index in [-0.39, 0.29) is 11.8 Å². The predicted octanol–water partition coefficient (Wildman–Crippen LogP) is 2.09. The van der Waals surface area contributed by atoms with Gasteiger partial charge in [0.1, 0.15) is 5.82 Å². The number of amides is 1. The second kappa shape index (κ2) is 7.77. The van der Waals surface area contributed by atoms with E-state index in [4.69, 9.17) is 9.15 Å². The number of rotatable bonds is 4. The number of nitrogens with zero attached hydrogens (tertiary/aromatic N) is 3. The fourth-order valence-corrected chi connectivity index (χ4v) is 3.14. The number of benzene rings is 2. The molecular weight excluding hydrogens is 365 g/mol. The van der Waals surface area contributed by atoms with Gasteiger partial charge in [-0.3, -0.25) is 4.79 Å². The number of ether oxygens (including phenoxy) is 1. The summed E-state index contributed by atoms with van der Waals surface area (Å²) in [5, 5.41) is 4.24. The van der Waals surface area contributed by atoms with Crippen LogP contribution >= 0.6 is 0 Å². The molecule has 1 aromatic heterocycles. The van der Waals surface area contributed by atoms with Crippen LogP contribution in [0.2, 0.25) is 0 Å². The molecule has 3 aromatic rings. The van der Waals surface area contributed by atoms with Crippen molar-refractivity contribution in [2.45, 2.75) is 6.04 Å². The highest BCUT2D eigenvalue weighted by molar-refractivity contribution is 5.83. The van der Waals surface area contributed by atoms with Crippen LogP contribution in [0.25, 0.3) is 11.5 Å². The first-order chi connectivity index (χ1) is 13.6. The Hall–Kier alpha value is -3.26. The van der Waals surface area contributed by atoms with Gasteiger partial charge in [0.05, 0.1) is 13.2 Å². The summed E-state index contributed by atoms with van der Waals surface area (Å²) in [5.41, 5.74) is 1.07. The third-order valence-electron chi connectivity index (χ3n) is 4.58. The molecule has 1 atom stereocenters. The summed E-state index contributed by atoms with van der Waals surface area (Å²) in [4.78, 5) is 27.4. The summed E-state index contributed by atoms with van der Waals surface area (Å²) in [7, 11) is 0. The van der Waals surface area contributed by atoms with Crippen LogP contribution in [0.5, 0.6) is 0 Å². The zero-order valence-corrected chi connectivity index (χ0v) is 15.0. The second-order valence-corrected chi connectivity index (χ2v) is 6.38. The summed E-state index contributed by atoms with van der Waals surface area (Å²) in [6.07, 6.45) is 0. The lowest BCUT2D eigenvalue weighted by atomic mass is 10.1. The number of aromatic nitrogens is 2. The molecule has 4 rings (SSSR count). The number of carbonyl (C=O) groups is 1. The Kier molecular flexibility index (Phi) is 5.03. The lowest BCUT2D eigenvalue weighted by molar-refractivity contribution is -0.138. The van der Waals surface area contributed by atoms with E-state index in [1.54, 1.807) is 29.2 Å². The van der Waals surface area contributed by atoms with Crippen LogP contribution in [0.3, 0.4) is 0 Å². The fraction of sp³-hybridized carbons (Fsp3) is 0.250. The first kappa shape index (κ1) is 18.1. The monoisotopic (exact) mass is 383 g/mol. The molecule has 0 saturated carbocycles. The van der Waals surface area contributed by atoms with Crippen LogP contribution in [0.15, 0.2) is 63.8 Å². The first-order valence-corrected chi connectivity index (χ1v) is 8.90. The smallest absolute Gasteiger partial charge is 0.388 e. The van der Waals surface area contributed by atoms with Gasteiger partial charge in [-0.05, 0) is 29.8 Å². The standard InChI is InChI=1S/C20H18FN3O4/c21-16-8-6-15(7-9-16)18-22-24(20(26)28-18)17(14-4-2-1-3-5-14)19(25)23-10-12-27-13-11-23/h1-9,17H,10-13H2. The molecule has 8 heteroatoms. The molecule has 144 valence electrons. The van der Waals surface area contributed by atoms with E-state index >= 15 is 0 Å². The van der Waals surface area contributed by atoms with Gasteiger partial charge in [-0.2, -0.15) is 4.68 Å². The molecule has 1 amide bonds. The van der Waals surface area contributed by atoms with Gasteiger partial charge in [-0.25, -0.2) is 9.18 Å². The van der Waals surface area contributed by atoms with E-state index in [0.29, 0.717) is 37.4 Å². The van der Waals surface area contributed by atoms with Crippen molar-refractivity contribution in [3.8, 4) is 11.5 Å². The van der Waals surface area contributed by atoms with Crippen molar-refractivity contribution in [3.63, 3.8) is 0 Å². The molecule has 1 unspecified atom stereocenters. The van der Waals surface area contributed by atoms with E-state index in [1.807, 2.05) is 6.07 Å². The highest BCUT2D eigenvalue weighted by Gasteiger charge is 2.32. The predicted molar refractivity (Wildman–Crippen MR) is 98.1 cm³/mol. The zero-order chi connectivity index (χ0) is 19.5. The van der Waals surface area contributed by atoms with Crippen molar-refractivity contribution >= 4 is 5.91 Å². The van der Waals surface area contributed by atoms with Gasteiger partial charge < -0.3 is 14.1 Å². The quantitative estimate of drug-likeness (QED) is 0.690. The maximum atomic E-state index is 13.2. The van der Waals surface area contributed by atoms with Gasteiger partial charge in [-0.1, -0.05) is 30.3 Å². The van der Waals surface area contributed by atoms with Crippen LogP contribution in [-0.2, 0) is 9.53 Å². The number of hydrogen-bond acceptors (Lipinski definition) is 5. The lowest BCUT2D eigenvalue weighted by Gasteiger charge is -2.30. The summed E-state index contributed by atoms with van der Waals surface area (Å²) in [6, 6.07) is 13.4. The number of hydrogen-bond donors (Lipinski definition) is 0. The number of carbonyl (C=O) groups excluding carboxylic acids is 1. The fourth-order valence-electron chi connectivity index (χ4n) is 3.14. The largest absolute Gasteiger partial charge is 0.438 e. The Balaban J connectivity index is 1.75. The van der Waals surface area contributed by atoms with Crippen molar-refractivity contribution in [2.24, 2.45) is 0 Å². The van der Waals surface area contributed by atoms with Gasteiger partial charge >= 0.3 is 5.76 Å². The molecule has 1 saturated heterocycles. The highest BCUT2D eigenvalue weighted by atomic mass is 19.1. The second-order valence-electron chi connectivity index (χ2n) is 6.38. The van der Waals surface area contributed by atoms with Gasteiger partial charge in [0.15, 0.2) is 6.04 Å². The Morgan fingerprint density at radius 1 is 1.04 bits per heavy atom. The molecular formula is C20H18FN3O4. The average molecular weight is 383 g/mol. The minimum Gasteiger partial charge on any atom is -0.388 e. The van der Waals surface area contributed by atoms with Gasteiger partial charge in [-0.15, -0.1) is 5.10 Å². The molecule has 1 fully saturated rings. The van der Waals surface area contributed by atoms with Crippen LogP contribution in [-0.4, -0.2) is 46.9 Å². The molecule has 7 nitrogen and oxygen atoms in total. The molecule has 0 bridgehead atoms. The molecule has 1 aliphatic rings. The summed E-state index contributed by atoms with van der Waals surface area (Å²) < 4.78 is 24.8. The van der Waals surface area contributed by atoms with E-state index in [1.165, 1.54) is 24.3 Å². The molecule has 28 heavy (non-hydrogen) atoms. The highest BCUT2D eigenvalue weighted by Crippen LogP contribution is 2.22. The molecule has 1 aliphatic heterocycles. The normalized spacial score (nSPS) is 15.4. The third kappa shape index (κ3) is 3.59. The SMILES string of the molecule is O=C(C(c1ccccc1)n1nc(-c2ccc(F)cc2)oc1=O)N1CCOCC1. The third-order valence-corrected chi connectivity index (χ3v) is 4.58. The average Bonchev–Trinajstić information content (AvgIpc) is 3.11. The van der Waals surface area contributed by atoms with E-state index in [9.17, 15) is 14.0 Å².